The lowest BCUT2D eigenvalue weighted by Crippen LogP contribution is -1.80. The van der Waals surface area contributed by atoms with E-state index >= 15 is 0 Å². The minimum atomic E-state index is 0.650. The molecule has 12 heavy (non-hydrogen) atoms. The van der Waals surface area contributed by atoms with E-state index in [1.165, 1.54) is 0 Å². The number of allylic oxidation sites excluding steroid dienone is 1. The number of nitrogens with zero attached hydrogens (tertiary/aromatic N) is 1. The Morgan fingerprint density at radius 3 is 2.83 bits per heavy atom. The molecule has 0 heterocycles. The Labute approximate surface area is 76.9 Å². The summed E-state index contributed by atoms with van der Waals surface area (Å²) in [6.45, 7) is 1.90. The third kappa shape index (κ3) is 1.87. The molecule has 0 bridgehead atoms. The molecule has 0 aliphatic rings. The molecule has 1 rings (SSSR count). The van der Waals surface area contributed by atoms with Crippen molar-refractivity contribution in [1.29, 1.82) is 5.26 Å². The summed E-state index contributed by atoms with van der Waals surface area (Å²) in [5.74, 6) is 0. The number of rotatable bonds is 1. The average molecular weight is 178 g/mol. The van der Waals surface area contributed by atoms with Gasteiger partial charge < -0.3 is 0 Å². The first-order valence-electron chi connectivity index (χ1n) is 3.60. The smallest absolute Gasteiger partial charge is 0.0997 e. The molecule has 0 aliphatic carbocycles. The number of benzene rings is 1. The summed E-state index contributed by atoms with van der Waals surface area (Å²) in [5, 5.41) is 9.36. The fourth-order valence-corrected chi connectivity index (χ4v) is 1.13. The third-order valence-corrected chi connectivity index (χ3v) is 1.72. The maximum atomic E-state index is 8.71. The number of halogens is 1. The molecule has 1 nitrogen and oxygen atoms in total. The fourth-order valence-electron chi connectivity index (χ4n) is 0.953. The summed E-state index contributed by atoms with van der Waals surface area (Å²) in [4.78, 5) is 0. The topological polar surface area (TPSA) is 23.8 Å². The molecule has 1 aromatic rings. The second-order valence-electron chi connectivity index (χ2n) is 2.34. The molecule has 2 heteroatoms. The minimum Gasteiger partial charge on any atom is -0.192 e. The van der Waals surface area contributed by atoms with Crippen molar-refractivity contribution in [2.24, 2.45) is 0 Å². The van der Waals surface area contributed by atoms with Gasteiger partial charge in [-0.25, -0.2) is 0 Å². The average Bonchev–Trinajstić information content (AvgIpc) is 2.05. The Bertz CT molecular complexity index is 347. The minimum absolute atomic E-state index is 0.650. The predicted molar refractivity (Wildman–Crippen MR) is 50.9 cm³/mol. The van der Waals surface area contributed by atoms with E-state index in [9.17, 15) is 0 Å². The van der Waals surface area contributed by atoms with Crippen LogP contribution in [-0.2, 0) is 0 Å². The molecule has 60 valence electrons. The Kier molecular flexibility index (Phi) is 2.90. The Hall–Kier alpha value is -1.26. The van der Waals surface area contributed by atoms with Crippen molar-refractivity contribution in [3.8, 4) is 6.07 Å². The zero-order valence-corrected chi connectivity index (χ0v) is 7.47. The van der Waals surface area contributed by atoms with Gasteiger partial charge in [0, 0.05) is 5.02 Å². The van der Waals surface area contributed by atoms with Crippen LogP contribution < -0.4 is 0 Å². The van der Waals surface area contributed by atoms with Crippen molar-refractivity contribution >= 4 is 17.7 Å². The van der Waals surface area contributed by atoms with Gasteiger partial charge in [-0.3, -0.25) is 0 Å². The van der Waals surface area contributed by atoms with Gasteiger partial charge in [0.2, 0.25) is 0 Å². The summed E-state index contributed by atoms with van der Waals surface area (Å²) in [6, 6.07) is 7.31. The van der Waals surface area contributed by atoms with Crippen molar-refractivity contribution in [3.63, 3.8) is 0 Å². The van der Waals surface area contributed by atoms with Gasteiger partial charge in [-0.15, -0.1) is 0 Å². The van der Waals surface area contributed by atoms with E-state index in [4.69, 9.17) is 16.9 Å². The first-order chi connectivity index (χ1) is 5.77. The Morgan fingerprint density at radius 2 is 2.25 bits per heavy atom. The number of hydrogen-bond donors (Lipinski definition) is 0. The van der Waals surface area contributed by atoms with Crippen LogP contribution in [0.1, 0.15) is 18.1 Å². The second-order valence-corrected chi connectivity index (χ2v) is 2.78. The van der Waals surface area contributed by atoms with Crippen molar-refractivity contribution in [3.05, 3.63) is 40.4 Å². The largest absolute Gasteiger partial charge is 0.192 e. The summed E-state index contributed by atoms with van der Waals surface area (Å²) in [5.41, 5.74) is 1.52. The maximum Gasteiger partial charge on any atom is 0.0997 e. The zero-order chi connectivity index (χ0) is 8.97. The molecule has 0 atom stereocenters. The van der Waals surface area contributed by atoms with Gasteiger partial charge in [0.25, 0.3) is 0 Å². The molecule has 1 aromatic carbocycles. The quantitative estimate of drug-likeness (QED) is 0.646. The van der Waals surface area contributed by atoms with E-state index in [0.717, 1.165) is 5.56 Å². The summed E-state index contributed by atoms with van der Waals surface area (Å²) < 4.78 is 0. The van der Waals surface area contributed by atoms with E-state index in [1.54, 1.807) is 18.2 Å². The third-order valence-electron chi connectivity index (χ3n) is 1.48. The van der Waals surface area contributed by atoms with Gasteiger partial charge in [0.15, 0.2) is 0 Å². The lowest BCUT2D eigenvalue weighted by Gasteiger charge is -1.96. The monoisotopic (exact) mass is 177 g/mol. The Morgan fingerprint density at radius 1 is 1.50 bits per heavy atom. The lowest BCUT2D eigenvalue weighted by molar-refractivity contribution is 1.47. The molecule has 0 unspecified atom stereocenters. The molecule has 0 spiro atoms. The summed E-state index contributed by atoms with van der Waals surface area (Å²) >= 11 is 5.77. The van der Waals surface area contributed by atoms with Crippen LogP contribution in [0.15, 0.2) is 24.3 Å². The molecule has 0 radical (unpaired) electrons. The molecule has 0 saturated heterocycles. The SMILES string of the molecule is CC=Cc1cc(Cl)ccc1C#N. The van der Waals surface area contributed by atoms with Crippen LogP contribution in [0.25, 0.3) is 6.08 Å². The predicted octanol–water partition coefficient (Wildman–Crippen LogP) is 3.24. The van der Waals surface area contributed by atoms with Gasteiger partial charge >= 0.3 is 0 Å². The van der Waals surface area contributed by atoms with Gasteiger partial charge in [-0.1, -0.05) is 23.8 Å². The zero-order valence-electron chi connectivity index (χ0n) is 6.71. The van der Waals surface area contributed by atoms with E-state index in [0.29, 0.717) is 10.6 Å². The van der Waals surface area contributed by atoms with E-state index in [2.05, 4.69) is 6.07 Å². The van der Waals surface area contributed by atoms with Crippen LogP contribution in [-0.4, -0.2) is 0 Å². The van der Waals surface area contributed by atoms with E-state index < -0.39 is 0 Å². The normalized spacial score (nSPS) is 10.1. The van der Waals surface area contributed by atoms with Crippen molar-refractivity contribution in [1.82, 2.24) is 0 Å². The maximum absolute atomic E-state index is 8.71. The molecule has 0 saturated carbocycles. The highest BCUT2D eigenvalue weighted by molar-refractivity contribution is 6.30. The van der Waals surface area contributed by atoms with Crippen LogP contribution in [0.5, 0.6) is 0 Å². The summed E-state index contributed by atoms with van der Waals surface area (Å²) in [7, 11) is 0. The molecular weight excluding hydrogens is 170 g/mol. The standard InChI is InChI=1S/C10H8ClN/c1-2-3-8-6-10(11)5-4-9(8)7-12/h2-6H,1H3. The second kappa shape index (κ2) is 3.94. The Balaban J connectivity index is 3.24. The molecule has 0 aliphatic heterocycles. The van der Waals surface area contributed by atoms with Crippen LogP contribution in [0.2, 0.25) is 5.02 Å². The molecule has 0 fully saturated rings. The lowest BCUT2D eigenvalue weighted by atomic mass is 10.1. The van der Waals surface area contributed by atoms with Crippen molar-refractivity contribution in [2.75, 3.05) is 0 Å². The first kappa shape index (κ1) is 8.83. The van der Waals surface area contributed by atoms with Crippen LogP contribution >= 0.6 is 11.6 Å². The van der Waals surface area contributed by atoms with Gasteiger partial charge in [-0.05, 0) is 30.7 Å². The fraction of sp³-hybridized carbons (Fsp3) is 0.100. The molecule has 0 amide bonds. The highest BCUT2D eigenvalue weighted by Crippen LogP contribution is 2.16. The highest BCUT2D eigenvalue weighted by atomic mass is 35.5. The number of hydrogen-bond acceptors (Lipinski definition) is 1. The van der Waals surface area contributed by atoms with Gasteiger partial charge in [-0.2, -0.15) is 5.26 Å². The van der Waals surface area contributed by atoms with Crippen molar-refractivity contribution in [2.45, 2.75) is 6.92 Å². The van der Waals surface area contributed by atoms with Crippen LogP contribution in [0.3, 0.4) is 0 Å². The van der Waals surface area contributed by atoms with Crippen LogP contribution in [0.4, 0.5) is 0 Å². The van der Waals surface area contributed by atoms with E-state index in [-0.39, 0.29) is 0 Å². The molecular formula is C10H8ClN. The summed E-state index contributed by atoms with van der Waals surface area (Å²) in [6.07, 6.45) is 3.75. The van der Waals surface area contributed by atoms with E-state index in [1.807, 2.05) is 19.1 Å². The first-order valence-corrected chi connectivity index (χ1v) is 3.98. The highest BCUT2D eigenvalue weighted by Gasteiger charge is 1.97. The molecule has 0 aromatic heterocycles. The molecule has 0 N–H and O–H groups in total. The van der Waals surface area contributed by atoms with Gasteiger partial charge in [0.05, 0.1) is 11.6 Å². The van der Waals surface area contributed by atoms with Crippen molar-refractivity contribution < 1.29 is 0 Å². The number of nitriles is 1. The van der Waals surface area contributed by atoms with Crippen LogP contribution in [0, 0.1) is 11.3 Å². The van der Waals surface area contributed by atoms with Gasteiger partial charge in [0.1, 0.15) is 0 Å².